The Bertz CT molecular complexity index is 792. The standard InChI is InChI=1S/C16H12FNO2/c17-15-4-2-1-3-13(15)9-18-8-12-6-5-11(16(19)20)7-14(12)10-18/h1-8,10H,9H2,(H,19,20). The van der Waals surface area contributed by atoms with Crippen LogP contribution in [-0.2, 0) is 6.54 Å². The number of carbonyl (C=O) groups is 1. The Hall–Kier alpha value is -2.62. The van der Waals surface area contributed by atoms with Crippen LogP contribution in [0, 0.1) is 5.82 Å². The average Bonchev–Trinajstić information content (AvgIpc) is 2.82. The van der Waals surface area contributed by atoms with Gasteiger partial charge < -0.3 is 9.67 Å². The number of fused-ring (bicyclic) bond motifs is 1. The first-order chi connectivity index (χ1) is 9.63. The first kappa shape index (κ1) is 12.4. The molecule has 0 aliphatic heterocycles. The lowest BCUT2D eigenvalue weighted by molar-refractivity contribution is 0.0697. The van der Waals surface area contributed by atoms with E-state index in [0.717, 1.165) is 10.8 Å². The highest BCUT2D eigenvalue weighted by Gasteiger charge is 2.07. The van der Waals surface area contributed by atoms with Crippen LogP contribution in [-0.4, -0.2) is 15.6 Å². The quantitative estimate of drug-likeness (QED) is 0.790. The zero-order valence-electron chi connectivity index (χ0n) is 10.6. The van der Waals surface area contributed by atoms with Crippen LogP contribution in [0.3, 0.4) is 0 Å². The maximum absolute atomic E-state index is 13.6. The van der Waals surface area contributed by atoms with Crippen LogP contribution in [0.5, 0.6) is 0 Å². The van der Waals surface area contributed by atoms with E-state index in [2.05, 4.69) is 0 Å². The number of hydrogen-bond acceptors (Lipinski definition) is 1. The molecule has 0 bridgehead atoms. The molecule has 3 rings (SSSR count). The Morgan fingerprint density at radius 1 is 1.10 bits per heavy atom. The minimum Gasteiger partial charge on any atom is -0.478 e. The van der Waals surface area contributed by atoms with Crippen molar-refractivity contribution in [2.45, 2.75) is 6.54 Å². The summed E-state index contributed by atoms with van der Waals surface area (Å²) in [4.78, 5) is 10.9. The van der Waals surface area contributed by atoms with Gasteiger partial charge in [-0.3, -0.25) is 0 Å². The minimum atomic E-state index is -0.950. The zero-order valence-corrected chi connectivity index (χ0v) is 10.6. The molecular formula is C16H12FNO2. The largest absolute Gasteiger partial charge is 0.478 e. The lowest BCUT2D eigenvalue weighted by atomic mass is 10.1. The van der Waals surface area contributed by atoms with Gasteiger partial charge in [-0.2, -0.15) is 0 Å². The second kappa shape index (κ2) is 4.81. The number of halogens is 1. The topological polar surface area (TPSA) is 42.2 Å². The zero-order chi connectivity index (χ0) is 14.1. The van der Waals surface area contributed by atoms with Gasteiger partial charge in [0.25, 0.3) is 0 Å². The van der Waals surface area contributed by atoms with Gasteiger partial charge in [-0.15, -0.1) is 0 Å². The molecule has 100 valence electrons. The number of rotatable bonds is 3. The van der Waals surface area contributed by atoms with Crippen molar-refractivity contribution in [2.75, 3.05) is 0 Å². The monoisotopic (exact) mass is 269 g/mol. The first-order valence-corrected chi connectivity index (χ1v) is 6.20. The number of benzene rings is 2. The summed E-state index contributed by atoms with van der Waals surface area (Å²) < 4.78 is 15.5. The molecule has 0 aliphatic rings. The fourth-order valence-corrected chi connectivity index (χ4v) is 2.25. The summed E-state index contributed by atoms with van der Waals surface area (Å²) >= 11 is 0. The molecule has 0 spiro atoms. The van der Waals surface area contributed by atoms with Gasteiger partial charge in [0.2, 0.25) is 0 Å². The van der Waals surface area contributed by atoms with Crippen LogP contribution in [0.2, 0.25) is 0 Å². The molecule has 1 heterocycles. The van der Waals surface area contributed by atoms with Gasteiger partial charge in [-0.05, 0) is 23.6 Å². The molecule has 0 radical (unpaired) electrons. The molecule has 0 aliphatic carbocycles. The van der Waals surface area contributed by atoms with E-state index >= 15 is 0 Å². The second-order valence-corrected chi connectivity index (χ2v) is 4.67. The summed E-state index contributed by atoms with van der Waals surface area (Å²) in [6.45, 7) is 0.420. The third kappa shape index (κ3) is 2.28. The van der Waals surface area contributed by atoms with E-state index in [4.69, 9.17) is 5.11 Å². The molecule has 0 saturated carbocycles. The van der Waals surface area contributed by atoms with E-state index in [9.17, 15) is 9.18 Å². The summed E-state index contributed by atoms with van der Waals surface area (Å²) in [6.07, 6.45) is 3.71. The van der Waals surface area contributed by atoms with Gasteiger partial charge in [-0.1, -0.05) is 24.3 Å². The van der Waals surface area contributed by atoms with Crippen molar-refractivity contribution in [3.8, 4) is 0 Å². The minimum absolute atomic E-state index is 0.239. The number of aromatic carboxylic acids is 1. The van der Waals surface area contributed by atoms with E-state index in [1.54, 1.807) is 36.4 Å². The van der Waals surface area contributed by atoms with Crippen molar-refractivity contribution in [1.29, 1.82) is 0 Å². The number of aromatic nitrogens is 1. The maximum atomic E-state index is 13.6. The van der Waals surface area contributed by atoms with Crippen LogP contribution in [0.15, 0.2) is 54.9 Å². The van der Waals surface area contributed by atoms with Crippen LogP contribution in [0.4, 0.5) is 4.39 Å². The van der Waals surface area contributed by atoms with Crippen molar-refractivity contribution in [3.63, 3.8) is 0 Å². The van der Waals surface area contributed by atoms with Gasteiger partial charge in [0.05, 0.1) is 5.56 Å². The number of hydrogen-bond donors (Lipinski definition) is 1. The fraction of sp³-hybridized carbons (Fsp3) is 0.0625. The Balaban J connectivity index is 1.97. The average molecular weight is 269 g/mol. The Morgan fingerprint density at radius 3 is 2.60 bits per heavy atom. The van der Waals surface area contributed by atoms with Crippen LogP contribution in [0.25, 0.3) is 10.8 Å². The van der Waals surface area contributed by atoms with Crippen LogP contribution < -0.4 is 0 Å². The number of nitrogens with zero attached hydrogens (tertiary/aromatic N) is 1. The van der Waals surface area contributed by atoms with E-state index < -0.39 is 5.97 Å². The Labute approximate surface area is 114 Å². The molecule has 0 saturated heterocycles. The van der Waals surface area contributed by atoms with E-state index in [-0.39, 0.29) is 11.4 Å². The van der Waals surface area contributed by atoms with Crippen molar-refractivity contribution in [3.05, 3.63) is 71.8 Å². The van der Waals surface area contributed by atoms with E-state index in [0.29, 0.717) is 12.1 Å². The molecule has 1 N–H and O–H groups in total. The van der Waals surface area contributed by atoms with Crippen molar-refractivity contribution in [2.24, 2.45) is 0 Å². The molecule has 4 heteroatoms. The summed E-state index contributed by atoms with van der Waals surface area (Å²) in [6, 6.07) is 11.6. The maximum Gasteiger partial charge on any atom is 0.335 e. The van der Waals surface area contributed by atoms with E-state index in [1.807, 2.05) is 17.0 Å². The highest BCUT2D eigenvalue weighted by Crippen LogP contribution is 2.19. The third-order valence-electron chi connectivity index (χ3n) is 3.25. The predicted molar refractivity (Wildman–Crippen MR) is 74.4 cm³/mol. The molecule has 20 heavy (non-hydrogen) atoms. The summed E-state index contributed by atoms with van der Waals surface area (Å²) in [5.41, 5.74) is 0.854. The van der Waals surface area contributed by atoms with Crippen LogP contribution >= 0.6 is 0 Å². The second-order valence-electron chi connectivity index (χ2n) is 4.67. The van der Waals surface area contributed by atoms with Gasteiger partial charge >= 0.3 is 5.97 Å². The van der Waals surface area contributed by atoms with Gasteiger partial charge in [0.1, 0.15) is 5.82 Å². The SMILES string of the molecule is O=C(O)c1ccc2cn(Cc3ccccc3F)cc2c1. The Kier molecular flexibility index (Phi) is 2.99. The number of carboxylic acid groups (broad SMARTS) is 1. The fourth-order valence-electron chi connectivity index (χ4n) is 2.25. The third-order valence-corrected chi connectivity index (χ3v) is 3.25. The lowest BCUT2D eigenvalue weighted by Gasteiger charge is -2.03. The highest BCUT2D eigenvalue weighted by molar-refractivity contribution is 5.94. The molecule has 0 unspecified atom stereocenters. The first-order valence-electron chi connectivity index (χ1n) is 6.20. The predicted octanol–water partition coefficient (Wildman–Crippen LogP) is 3.53. The lowest BCUT2D eigenvalue weighted by Crippen LogP contribution is -1.98. The molecule has 0 atom stereocenters. The Morgan fingerprint density at radius 2 is 1.85 bits per heavy atom. The highest BCUT2D eigenvalue weighted by atomic mass is 19.1. The normalized spacial score (nSPS) is 10.8. The van der Waals surface area contributed by atoms with Crippen molar-refractivity contribution < 1.29 is 14.3 Å². The van der Waals surface area contributed by atoms with Crippen molar-refractivity contribution in [1.82, 2.24) is 4.57 Å². The molecule has 3 nitrogen and oxygen atoms in total. The summed E-state index contributed by atoms with van der Waals surface area (Å²) in [7, 11) is 0. The molecule has 0 fully saturated rings. The molecule has 1 aromatic heterocycles. The number of carboxylic acids is 1. The van der Waals surface area contributed by atoms with Crippen molar-refractivity contribution >= 4 is 16.7 Å². The molecule has 3 aromatic rings. The molecular weight excluding hydrogens is 257 g/mol. The smallest absolute Gasteiger partial charge is 0.335 e. The van der Waals surface area contributed by atoms with E-state index in [1.165, 1.54) is 6.07 Å². The van der Waals surface area contributed by atoms with Gasteiger partial charge in [-0.25, -0.2) is 9.18 Å². The summed E-state index contributed by atoms with van der Waals surface area (Å²) in [5, 5.41) is 10.7. The molecule has 2 aromatic carbocycles. The van der Waals surface area contributed by atoms with Gasteiger partial charge in [0, 0.05) is 29.9 Å². The molecule has 0 amide bonds. The summed E-state index contributed by atoms with van der Waals surface area (Å²) in [5.74, 6) is -1.19. The van der Waals surface area contributed by atoms with Crippen LogP contribution in [0.1, 0.15) is 15.9 Å². The van der Waals surface area contributed by atoms with Gasteiger partial charge in [0.15, 0.2) is 0 Å².